The van der Waals surface area contributed by atoms with E-state index in [2.05, 4.69) is 4.98 Å². The van der Waals surface area contributed by atoms with E-state index in [9.17, 15) is 4.39 Å². The molecular weight excluding hydrogens is 282 g/mol. The predicted octanol–water partition coefficient (Wildman–Crippen LogP) is 2.56. The zero-order valence-corrected chi connectivity index (χ0v) is 8.75. The highest BCUT2D eigenvalue weighted by Crippen LogP contribution is 2.24. The first kappa shape index (κ1) is 8.68. The summed E-state index contributed by atoms with van der Waals surface area (Å²) in [6.07, 6.45) is 0. The topological polar surface area (TPSA) is 38.9 Å². The second-order valence-corrected chi connectivity index (χ2v) is 3.67. The second-order valence-electron chi connectivity index (χ2n) is 2.65. The van der Waals surface area contributed by atoms with E-state index in [1.165, 1.54) is 0 Å². The molecule has 0 fully saturated rings. The zero-order chi connectivity index (χ0) is 9.42. The second kappa shape index (κ2) is 3.10. The Morgan fingerprint density at radius 3 is 2.54 bits per heavy atom. The Labute approximate surface area is 88.1 Å². The van der Waals surface area contributed by atoms with Crippen LogP contribution in [0.3, 0.4) is 0 Å². The Kier molecular flexibility index (Phi) is 2.07. The summed E-state index contributed by atoms with van der Waals surface area (Å²) in [6.45, 7) is 0. The van der Waals surface area contributed by atoms with E-state index in [0.29, 0.717) is 5.39 Å². The molecule has 0 radical (unpaired) electrons. The molecule has 0 atom stereocenters. The molecule has 1 aromatic heterocycles. The molecule has 0 amide bonds. The van der Waals surface area contributed by atoms with Crippen molar-refractivity contribution < 1.29 is 4.39 Å². The molecule has 4 heteroatoms. The van der Waals surface area contributed by atoms with Gasteiger partial charge in [0, 0.05) is 10.8 Å². The third-order valence-electron chi connectivity index (χ3n) is 1.83. The van der Waals surface area contributed by atoms with E-state index in [4.69, 9.17) is 5.73 Å². The molecule has 0 unspecified atom stereocenters. The Morgan fingerprint density at radius 2 is 1.85 bits per heavy atom. The number of pyridine rings is 1. The van der Waals surface area contributed by atoms with Gasteiger partial charge in [-0.3, -0.25) is 0 Å². The number of nitrogen functional groups attached to an aromatic ring is 1. The number of nitrogens with zero attached hydrogens (tertiary/aromatic N) is 1. The van der Waals surface area contributed by atoms with Crippen LogP contribution in [0, 0.1) is 9.52 Å². The van der Waals surface area contributed by atoms with Crippen molar-refractivity contribution in [2.24, 2.45) is 0 Å². The van der Waals surface area contributed by atoms with Gasteiger partial charge in [-0.25, -0.2) is 9.37 Å². The molecule has 0 aliphatic heterocycles. The predicted molar refractivity (Wildman–Crippen MR) is 58.8 cm³/mol. The molecule has 13 heavy (non-hydrogen) atoms. The first-order valence-electron chi connectivity index (χ1n) is 3.69. The molecule has 0 spiro atoms. The van der Waals surface area contributed by atoms with E-state index < -0.39 is 5.82 Å². The molecule has 0 saturated carbocycles. The molecule has 0 saturated heterocycles. The molecular formula is C9H6FIN2. The molecule has 0 aliphatic carbocycles. The van der Waals surface area contributed by atoms with Crippen LogP contribution in [0.15, 0.2) is 24.3 Å². The van der Waals surface area contributed by atoms with Gasteiger partial charge < -0.3 is 5.73 Å². The van der Waals surface area contributed by atoms with Gasteiger partial charge in [-0.05, 0) is 22.6 Å². The lowest BCUT2D eigenvalue weighted by Gasteiger charge is -2.03. The van der Waals surface area contributed by atoms with Crippen LogP contribution in [0.1, 0.15) is 0 Å². The van der Waals surface area contributed by atoms with Gasteiger partial charge in [0.1, 0.15) is 3.70 Å². The third-order valence-corrected chi connectivity index (χ3v) is 2.65. The summed E-state index contributed by atoms with van der Waals surface area (Å²) >= 11 is 2.04. The number of aromatic nitrogens is 1. The number of halogens is 2. The lowest BCUT2D eigenvalue weighted by molar-refractivity contribution is 0.639. The summed E-state index contributed by atoms with van der Waals surface area (Å²) in [7, 11) is 0. The van der Waals surface area contributed by atoms with Crippen molar-refractivity contribution in [2.75, 3.05) is 5.73 Å². The average molecular weight is 288 g/mol. The lowest BCUT2D eigenvalue weighted by atomic mass is 10.2. The summed E-state index contributed by atoms with van der Waals surface area (Å²) in [5.41, 5.74) is 5.40. The van der Waals surface area contributed by atoms with Gasteiger partial charge in [0.05, 0.1) is 0 Å². The molecule has 0 aliphatic rings. The minimum Gasteiger partial charge on any atom is -0.381 e. The fraction of sp³-hybridized carbons (Fsp3) is 0. The number of benzene rings is 1. The van der Waals surface area contributed by atoms with Crippen molar-refractivity contribution in [1.29, 1.82) is 0 Å². The normalized spacial score (nSPS) is 10.6. The fourth-order valence-electron chi connectivity index (χ4n) is 1.21. The summed E-state index contributed by atoms with van der Waals surface area (Å²) in [6, 6.07) is 7.15. The number of anilines is 1. The molecule has 2 N–H and O–H groups in total. The largest absolute Gasteiger partial charge is 0.381 e. The van der Waals surface area contributed by atoms with Crippen LogP contribution in [0.2, 0.25) is 0 Å². The van der Waals surface area contributed by atoms with E-state index in [0.717, 1.165) is 9.09 Å². The van der Waals surface area contributed by atoms with Crippen molar-refractivity contribution in [3.63, 3.8) is 0 Å². The number of nitrogens with two attached hydrogens (primary N) is 1. The van der Waals surface area contributed by atoms with Gasteiger partial charge in [0.25, 0.3) is 0 Å². The SMILES string of the molecule is Nc1nc(I)c2ccccc2c1F. The van der Waals surface area contributed by atoms with Gasteiger partial charge in [0.15, 0.2) is 11.6 Å². The molecule has 2 rings (SSSR count). The van der Waals surface area contributed by atoms with Crippen molar-refractivity contribution in [2.45, 2.75) is 0 Å². The monoisotopic (exact) mass is 288 g/mol. The number of rotatable bonds is 0. The van der Waals surface area contributed by atoms with Crippen LogP contribution >= 0.6 is 22.6 Å². The third kappa shape index (κ3) is 1.35. The maximum atomic E-state index is 13.4. The maximum absolute atomic E-state index is 13.4. The Hall–Kier alpha value is -0.910. The molecule has 66 valence electrons. The molecule has 1 aromatic carbocycles. The smallest absolute Gasteiger partial charge is 0.173 e. The average Bonchev–Trinajstić information content (AvgIpc) is 2.15. The van der Waals surface area contributed by atoms with E-state index >= 15 is 0 Å². The van der Waals surface area contributed by atoms with Gasteiger partial charge in [-0.15, -0.1) is 0 Å². The Balaban J connectivity index is 2.97. The van der Waals surface area contributed by atoms with Gasteiger partial charge >= 0.3 is 0 Å². The van der Waals surface area contributed by atoms with Crippen molar-refractivity contribution in [3.05, 3.63) is 33.8 Å². The molecule has 2 nitrogen and oxygen atoms in total. The molecule has 1 heterocycles. The summed E-state index contributed by atoms with van der Waals surface area (Å²) in [5.74, 6) is -0.473. The lowest BCUT2D eigenvalue weighted by Crippen LogP contribution is -1.98. The van der Waals surface area contributed by atoms with E-state index in [-0.39, 0.29) is 5.82 Å². The Bertz CT molecular complexity index is 470. The fourth-order valence-corrected chi connectivity index (χ4v) is 1.94. The molecule has 0 bridgehead atoms. The Morgan fingerprint density at radius 1 is 1.23 bits per heavy atom. The summed E-state index contributed by atoms with van der Waals surface area (Å²) in [5, 5.41) is 1.33. The first-order chi connectivity index (χ1) is 6.20. The highest BCUT2D eigenvalue weighted by Gasteiger charge is 2.08. The van der Waals surface area contributed by atoms with Crippen molar-refractivity contribution >= 4 is 39.2 Å². The van der Waals surface area contributed by atoms with Gasteiger partial charge in [-0.2, -0.15) is 0 Å². The van der Waals surface area contributed by atoms with E-state index in [1.54, 1.807) is 12.1 Å². The quantitative estimate of drug-likeness (QED) is 0.597. The van der Waals surface area contributed by atoms with Crippen LogP contribution in [-0.4, -0.2) is 4.98 Å². The number of fused-ring (bicyclic) bond motifs is 1. The standard InChI is InChI=1S/C9H6FIN2/c10-7-5-3-1-2-4-6(5)8(11)13-9(7)12/h1-4H,(H2,12,13). The van der Waals surface area contributed by atoms with Crippen molar-refractivity contribution in [3.8, 4) is 0 Å². The highest BCUT2D eigenvalue weighted by atomic mass is 127. The minimum absolute atomic E-state index is 0.0388. The number of hydrogen-bond acceptors (Lipinski definition) is 2. The first-order valence-corrected chi connectivity index (χ1v) is 4.77. The summed E-state index contributed by atoms with van der Waals surface area (Å²) < 4.78 is 14.1. The van der Waals surface area contributed by atoms with Gasteiger partial charge in [0.2, 0.25) is 0 Å². The summed E-state index contributed by atoms with van der Waals surface area (Å²) in [4.78, 5) is 3.89. The molecule has 2 aromatic rings. The van der Waals surface area contributed by atoms with Crippen LogP contribution in [0.4, 0.5) is 10.2 Å². The highest BCUT2D eigenvalue weighted by molar-refractivity contribution is 14.1. The minimum atomic E-state index is -0.434. The van der Waals surface area contributed by atoms with Gasteiger partial charge in [-0.1, -0.05) is 24.3 Å². The van der Waals surface area contributed by atoms with Crippen LogP contribution in [0.5, 0.6) is 0 Å². The number of hydrogen-bond donors (Lipinski definition) is 1. The van der Waals surface area contributed by atoms with E-state index in [1.807, 2.05) is 34.7 Å². The maximum Gasteiger partial charge on any atom is 0.173 e. The van der Waals surface area contributed by atoms with Crippen molar-refractivity contribution in [1.82, 2.24) is 4.98 Å². The zero-order valence-electron chi connectivity index (χ0n) is 6.59. The van der Waals surface area contributed by atoms with Crippen LogP contribution in [-0.2, 0) is 0 Å². The van der Waals surface area contributed by atoms with Crippen LogP contribution < -0.4 is 5.73 Å². The van der Waals surface area contributed by atoms with Crippen LogP contribution in [0.25, 0.3) is 10.8 Å².